The van der Waals surface area contributed by atoms with E-state index in [0.29, 0.717) is 26.3 Å². The van der Waals surface area contributed by atoms with Gasteiger partial charge >= 0.3 is 11.9 Å². The van der Waals surface area contributed by atoms with Crippen molar-refractivity contribution < 1.29 is 23.8 Å². The number of para-hydroxylation sites is 1. The van der Waals surface area contributed by atoms with Crippen LogP contribution in [0.1, 0.15) is 31.0 Å². The molecule has 0 amide bonds. The number of carbonyl (C=O) groups excluding carboxylic acids is 2. The molecule has 3 heterocycles. The van der Waals surface area contributed by atoms with Crippen LogP contribution in [0.25, 0.3) is 23.0 Å². The maximum Gasteiger partial charge on any atom is 0.338 e. The summed E-state index contributed by atoms with van der Waals surface area (Å²) >= 11 is 4.70. The minimum Gasteiger partial charge on any atom is -0.493 e. The van der Waals surface area contributed by atoms with Crippen molar-refractivity contribution in [2.24, 2.45) is 4.99 Å². The number of thiazole rings is 1. The van der Waals surface area contributed by atoms with E-state index in [4.69, 9.17) is 19.3 Å². The molecule has 232 valence electrons. The number of esters is 2. The number of benzene rings is 3. The minimum absolute atomic E-state index is 0.205. The van der Waals surface area contributed by atoms with Crippen LogP contribution in [0.4, 0.5) is 0 Å². The van der Waals surface area contributed by atoms with Crippen molar-refractivity contribution in [2.45, 2.75) is 19.9 Å². The molecular formula is C34H27BrN4O6S. The number of aromatic nitrogens is 3. The summed E-state index contributed by atoms with van der Waals surface area (Å²) in [4.78, 5) is 44.1. The first-order valence-corrected chi connectivity index (χ1v) is 15.7. The van der Waals surface area contributed by atoms with Gasteiger partial charge in [0.2, 0.25) is 0 Å². The summed E-state index contributed by atoms with van der Waals surface area (Å²) in [5, 5.41) is 4.88. The lowest BCUT2D eigenvalue weighted by molar-refractivity contribution is -0.136. The number of fused-ring (bicyclic) bond motifs is 1. The molecular weight excluding hydrogens is 672 g/mol. The molecule has 0 unspecified atom stereocenters. The normalized spacial score (nSPS) is 14.5. The van der Waals surface area contributed by atoms with E-state index in [0.717, 1.165) is 21.3 Å². The second-order valence-electron chi connectivity index (χ2n) is 10.3. The topological polar surface area (TPSA) is 114 Å². The Balaban J connectivity index is 1.56. The molecule has 0 radical (unpaired) electrons. The van der Waals surface area contributed by atoms with Crippen LogP contribution in [0, 0.1) is 0 Å². The highest BCUT2D eigenvalue weighted by molar-refractivity contribution is 9.10. The molecule has 0 saturated carbocycles. The average molecular weight is 700 g/mol. The molecule has 10 nitrogen and oxygen atoms in total. The summed E-state index contributed by atoms with van der Waals surface area (Å²) < 4.78 is 20.5. The molecule has 5 aromatic rings. The third kappa shape index (κ3) is 5.84. The molecule has 1 aliphatic rings. The van der Waals surface area contributed by atoms with E-state index in [9.17, 15) is 14.4 Å². The van der Waals surface area contributed by atoms with Crippen LogP contribution < -0.4 is 24.4 Å². The third-order valence-corrected chi connectivity index (χ3v) is 8.86. The van der Waals surface area contributed by atoms with Crippen molar-refractivity contribution >= 4 is 45.3 Å². The first-order valence-electron chi connectivity index (χ1n) is 14.1. The number of nitrogens with zero attached hydrogens (tertiary/aromatic N) is 4. The summed E-state index contributed by atoms with van der Waals surface area (Å²) in [5.74, 6) is -0.656. The maximum atomic E-state index is 14.3. The molecule has 46 heavy (non-hydrogen) atoms. The van der Waals surface area contributed by atoms with Crippen LogP contribution in [0.3, 0.4) is 0 Å². The molecule has 6 rings (SSSR count). The number of hydrogen-bond acceptors (Lipinski definition) is 9. The van der Waals surface area contributed by atoms with Gasteiger partial charge in [-0.2, -0.15) is 5.10 Å². The van der Waals surface area contributed by atoms with Gasteiger partial charge in [0, 0.05) is 28.7 Å². The number of hydrogen-bond donors (Lipinski definition) is 0. The van der Waals surface area contributed by atoms with Crippen molar-refractivity contribution in [3.05, 3.63) is 126 Å². The Morgan fingerprint density at radius 1 is 1.00 bits per heavy atom. The Labute approximate surface area is 275 Å². The molecule has 0 aliphatic carbocycles. The third-order valence-electron chi connectivity index (χ3n) is 7.35. The van der Waals surface area contributed by atoms with Crippen LogP contribution in [0.2, 0.25) is 0 Å². The summed E-state index contributed by atoms with van der Waals surface area (Å²) in [6.07, 6.45) is 3.68. The van der Waals surface area contributed by atoms with Gasteiger partial charge in [0.25, 0.3) is 5.56 Å². The van der Waals surface area contributed by atoms with Gasteiger partial charge in [-0.1, -0.05) is 63.7 Å². The molecule has 1 aliphatic heterocycles. The monoisotopic (exact) mass is 698 g/mol. The van der Waals surface area contributed by atoms with Crippen LogP contribution in [0.15, 0.2) is 105 Å². The van der Waals surface area contributed by atoms with Gasteiger partial charge in [-0.15, -0.1) is 0 Å². The lowest BCUT2D eigenvalue weighted by Crippen LogP contribution is -2.39. The molecule has 3 aromatic carbocycles. The van der Waals surface area contributed by atoms with Crippen molar-refractivity contribution in [2.75, 3.05) is 14.2 Å². The highest BCUT2D eigenvalue weighted by Gasteiger charge is 2.34. The number of allylic oxidation sites excluding steroid dienone is 1. The minimum atomic E-state index is -0.885. The second kappa shape index (κ2) is 12.7. The van der Waals surface area contributed by atoms with Crippen molar-refractivity contribution in [1.82, 2.24) is 14.3 Å². The fourth-order valence-corrected chi connectivity index (χ4v) is 6.58. The lowest BCUT2D eigenvalue weighted by atomic mass is 9.95. The van der Waals surface area contributed by atoms with E-state index in [1.165, 1.54) is 37.0 Å². The molecule has 0 bridgehead atoms. The molecule has 1 atom stereocenters. The van der Waals surface area contributed by atoms with Crippen LogP contribution in [-0.2, 0) is 14.3 Å². The Morgan fingerprint density at radius 2 is 1.74 bits per heavy atom. The Bertz CT molecular complexity index is 2200. The predicted molar refractivity (Wildman–Crippen MR) is 177 cm³/mol. The highest BCUT2D eigenvalue weighted by Crippen LogP contribution is 2.36. The average Bonchev–Trinajstić information content (AvgIpc) is 3.61. The summed E-state index contributed by atoms with van der Waals surface area (Å²) in [7, 11) is 2.72. The Morgan fingerprint density at radius 3 is 2.41 bits per heavy atom. The fraction of sp³-hybridized carbons (Fsp3) is 0.147. The fourth-order valence-electron chi connectivity index (χ4n) is 5.28. The highest BCUT2D eigenvalue weighted by atomic mass is 79.9. The number of carbonyl (C=O) groups is 2. The van der Waals surface area contributed by atoms with Gasteiger partial charge in [-0.05, 0) is 55.0 Å². The summed E-state index contributed by atoms with van der Waals surface area (Å²) in [6, 6.07) is 21.5. The lowest BCUT2D eigenvalue weighted by Gasteiger charge is -2.25. The van der Waals surface area contributed by atoms with E-state index < -0.39 is 18.0 Å². The number of rotatable bonds is 7. The zero-order valence-electron chi connectivity index (χ0n) is 25.2. The van der Waals surface area contributed by atoms with E-state index in [1.54, 1.807) is 35.9 Å². The molecule has 0 fully saturated rings. The van der Waals surface area contributed by atoms with Gasteiger partial charge < -0.3 is 14.2 Å². The van der Waals surface area contributed by atoms with Gasteiger partial charge in [0.15, 0.2) is 16.3 Å². The van der Waals surface area contributed by atoms with Crippen LogP contribution in [-0.4, -0.2) is 40.5 Å². The van der Waals surface area contributed by atoms with E-state index in [2.05, 4.69) is 20.9 Å². The molecule has 2 aromatic heterocycles. The SMILES string of the molecule is COC(=O)C1=C(C)N=c2s/c(=C/c3cn(-c4ccccc4)nc3-c3ccc(Br)cc3)c(=O)n2[C@H]1c1ccc(OC(C)=O)c(OC)c1. The Hall–Kier alpha value is -5.07. The van der Waals surface area contributed by atoms with Crippen molar-refractivity contribution in [3.63, 3.8) is 0 Å². The van der Waals surface area contributed by atoms with Gasteiger partial charge in [-0.3, -0.25) is 14.2 Å². The van der Waals surface area contributed by atoms with Crippen LogP contribution >= 0.6 is 27.3 Å². The van der Waals surface area contributed by atoms with Crippen molar-refractivity contribution in [1.29, 1.82) is 0 Å². The standard InChI is InChI=1S/C34H27BrN4O6S/c1-19-29(33(42)44-4)31(22-12-15-26(45-20(2)40)27(16-22)43-3)39-32(41)28(46-34(39)36-19)17-23-18-38(25-8-6-5-7-9-25)37-30(23)21-10-13-24(35)14-11-21/h5-18,31H,1-4H3/b28-17+/t31-/m0/s1. The zero-order chi connectivity index (χ0) is 32.5. The van der Waals surface area contributed by atoms with E-state index in [1.807, 2.05) is 60.8 Å². The Kier molecular flexibility index (Phi) is 8.57. The maximum absolute atomic E-state index is 14.3. The number of halogens is 1. The second-order valence-corrected chi connectivity index (χ2v) is 12.2. The largest absolute Gasteiger partial charge is 0.493 e. The summed E-state index contributed by atoms with van der Waals surface area (Å²) in [5.41, 5.74) is 3.98. The summed E-state index contributed by atoms with van der Waals surface area (Å²) in [6.45, 7) is 2.99. The predicted octanol–water partition coefficient (Wildman–Crippen LogP) is 4.96. The van der Waals surface area contributed by atoms with E-state index >= 15 is 0 Å². The molecule has 12 heteroatoms. The van der Waals surface area contributed by atoms with Gasteiger partial charge in [0.1, 0.15) is 0 Å². The van der Waals surface area contributed by atoms with Crippen LogP contribution in [0.5, 0.6) is 11.5 Å². The van der Waals surface area contributed by atoms with Gasteiger partial charge in [0.05, 0.1) is 47.4 Å². The first-order chi connectivity index (χ1) is 22.2. The first kappa shape index (κ1) is 30.9. The number of ether oxygens (including phenoxy) is 3. The quantitative estimate of drug-likeness (QED) is 0.174. The molecule has 0 spiro atoms. The van der Waals surface area contributed by atoms with E-state index in [-0.39, 0.29) is 22.6 Å². The zero-order valence-corrected chi connectivity index (χ0v) is 27.6. The molecule has 0 N–H and O–H groups in total. The number of methoxy groups -OCH3 is 2. The van der Waals surface area contributed by atoms with Crippen molar-refractivity contribution in [3.8, 4) is 28.4 Å². The van der Waals surface area contributed by atoms with Gasteiger partial charge in [-0.25, -0.2) is 14.5 Å². The molecule has 0 saturated heterocycles. The smallest absolute Gasteiger partial charge is 0.338 e.